The lowest BCUT2D eigenvalue weighted by Gasteiger charge is -2.01. The van der Waals surface area contributed by atoms with Gasteiger partial charge in [-0.2, -0.15) is 5.26 Å². The summed E-state index contributed by atoms with van der Waals surface area (Å²) in [5.41, 5.74) is 0.992. The molecule has 1 fully saturated rings. The van der Waals surface area contributed by atoms with Gasteiger partial charge in [-0.3, -0.25) is 4.79 Å². The highest BCUT2D eigenvalue weighted by Crippen LogP contribution is 2.13. The minimum Gasteiger partial charge on any atom is -0.387 e. The van der Waals surface area contributed by atoms with Crippen LogP contribution in [0.2, 0.25) is 0 Å². The summed E-state index contributed by atoms with van der Waals surface area (Å²) in [7, 11) is 1.52. The van der Waals surface area contributed by atoms with Gasteiger partial charge in [0.1, 0.15) is 11.6 Å². The van der Waals surface area contributed by atoms with E-state index in [-0.39, 0.29) is 11.5 Å². The van der Waals surface area contributed by atoms with Gasteiger partial charge in [-0.25, -0.2) is 0 Å². The van der Waals surface area contributed by atoms with Crippen LogP contribution < -0.4 is 10.6 Å². The lowest BCUT2D eigenvalue weighted by Crippen LogP contribution is -2.22. The number of nitrogens with one attached hydrogen (secondary N) is 2. The predicted molar refractivity (Wildman–Crippen MR) is 43.9 cm³/mol. The minimum absolute atomic E-state index is 0.218. The summed E-state index contributed by atoms with van der Waals surface area (Å²) >= 11 is 0. The average Bonchev–Trinajstić information content (AvgIpc) is 2.58. The number of nitrogens with zero attached hydrogens (tertiary/aromatic N) is 1. The van der Waals surface area contributed by atoms with Crippen LogP contribution >= 0.6 is 0 Å². The van der Waals surface area contributed by atoms with Gasteiger partial charge in [0.2, 0.25) is 0 Å². The van der Waals surface area contributed by atoms with Gasteiger partial charge in [0.25, 0.3) is 5.91 Å². The summed E-state index contributed by atoms with van der Waals surface area (Å²) in [6.07, 6.45) is 1.80. The van der Waals surface area contributed by atoms with E-state index < -0.39 is 0 Å². The smallest absolute Gasteiger partial charge is 0.263 e. The molecule has 0 aromatic carbocycles. The summed E-state index contributed by atoms with van der Waals surface area (Å²) in [5.74, 6) is -0.304. The quantitative estimate of drug-likeness (QED) is 0.421. The molecule has 12 heavy (non-hydrogen) atoms. The highest BCUT2D eigenvalue weighted by atomic mass is 16.1. The van der Waals surface area contributed by atoms with Crippen molar-refractivity contribution in [2.24, 2.45) is 0 Å². The van der Waals surface area contributed by atoms with E-state index in [1.165, 1.54) is 7.05 Å². The van der Waals surface area contributed by atoms with Crippen molar-refractivity contribution < 1.29 is 4.79 Å². The minimum atomic E-state index is -0.304. The Balaban J connectivity index is 2.86. The Kier molecular flexibility index (Phi) is 2.70. The first-order chi connectivity index (χ1) is 5.79. The number of allylic oxidation sites excluding steroid dienone is 1. The van der Waals surface area contributed by atoms with E-state index in [2.05, 4.69) is 10.6 Å². The van der Waals surface area contributed by atoms with Gasteiger partial charge in [-0.05, 0) is 12.8 Å². The Bertz CT molecular complexity index is 254. The second kappa shape index (κ2) is 3.77. The Hall–Kier alpha value is -1.50. The van der Waals surface area contributed by atoms with Crippen LogP contribution in [0.3, 0.4) is 0 Å². The second-order valence-electron chi connectivity index (χ2n) is 2.57. The van der Waals surface area contributed by atoms with Crippen molar-refractivity contribution in [3.63, 3.8) is 0 Å². The van der Waals surface area contributed by atoms with Crippen LogP contribution in [-0.2, 0) is 4.79 Å². The zero-order chi connectivity index (χ0) is 8.97. The van der Waals surface area contributed by atoms with Gasteiger partial charge in [0, 0.05) is 19.3 Å². The molecule has 1 heterocycles. The van der Waals surface area contributed by atoms with Gasteiger partial charge < -0.3 is 10.6 Å². The predicted octanol–water partition coefficient (Wildman–Crippen LogP) is -0.107. The molecule has 1 aliphatic heterocycles. The molecule has 0 bridgehead atoms. The van der Waals surface area contributed by atoms with Crippen LogP contribution in [0, 0.1) is 11.3 Å². The summed E-state index contributed by atoms with van der Waals surface area (Å²) in [5, 5.41) is 14.1. The fourth-order valence-corrected chi connectivity index (χ4v) is 1.19. The molecule has 0 saturated carbocycles. The lowest BCUT2D eigenvalue weighted by atomic mass is 10.2. The molecule has 1 saturated heterocycles. The van der Waals surface area contributed by atoms with Crippen molar-refractivity contribution in [3.05, 3.63) is 11.3 Å². The van der Waals surface area contributed by atoms with Crippen LogP contribution in [-0.4, -0.2) is 19.5 Å². The van der Waals surface area contributed by atoms with Crippen LogP contribution in [0.15, 0.2) is 11.3 Å². The molecule has 1 aliphatic rings. The van der Waals surface area contributed by atoms with Gasteiger partial charge in [-0.15, -0.1) is 0 Å². The maximum absolute atomic E-state index is 11.1. The third-order valence-electron chi connectivity index (χ3n) is 1.81. The van der Waals surface area contributed by atoms with E-state index in [1.807, 2.05) is 6.07 Å². The zero-order valence-electron chi connectivity index (χ0n) is 6.98. The molecule has 64 valence electrons. The fraction of sp³-hybridized carbons (Fsp3) is 0.500. The SMILES string of the molecule is CNC(=O)/C(C#N)=C1/CCCN1. The first kappa shape index (κ1) is 8.60. The second-order valence-corrected chi connectivity index (χ2v) is 2.57. The first-order valence-corrected chi connectivity index (χ1v) is 3.88. The van der Waals surface area contributed by atoms with Crippen LogP contribution in [0.25, 0.3) is 0 Å². The molecule has 1 amide bonds. The van der Waals surface area contributed by atoms with E-state index >= 15 is 0 Å². The molecule has 0 radical (unpaired) electrons. The van der Waals surface area contributed by atoms with E-state index in [0.29, 0.717) is 0 Å². The van der Waals surface area contributed by atoms with Gasteiger partial charge >= 0.3 is 0 Å². The van der Waals surface area contributed by atoms with Crippen LogP contribution in [0.5, 0.6) is 0 Å². The summed E-state index contributed by atoms with van der Waals surface area (Å²) in [4.78, 5) is 11.1. The van der Waals surface area contributed by atoms with Crippen molar-refractivity contribution in [1.82, 2.24) is 10.6 Å². The molecular formula is C8H11N3O. The highest BCUT2D eigenvalue weighted by Gasteiger charge is 2.16. The van der Waals surface area contributed by atoms with Crippen molar-refractivity contribution in [1.29, 1.82) is 5.26 Å². The van der Waals surface area contributed by atoms with Gasteiger partial charge in [0.05, 0.1) is 0 Å². The largest absolute Gasteiger partial charge is 0.387 e. The molecule has 0 atom stereocenters. The Morgan fingerprint density at radius 2 is 2.50 bits per heavy atom. The summed E-state index contributed by atoms with van der Waals surface area (Å²) in [6.45, 7) is 0.859. The van der Waals surface area contributed by atoms with Crippen LogP contribution in [0.1, 0.15) is 12.8 Å². The fourth-order valence-electron chi connectivity index (χ4n) is 1.19. The molecule has 4 nitrogen and oxygen atoms in total. The highest BCUT2D eigenvalue weighted by molar-refractivity contribution is 5.97. The number of carbonyl (C=O) groups is 1. The van der Waals surface area contributed by atoms with E-state index in [0.717, 1.165) is 25.1 Å². The van der Waals surface area contributed by atoms with Crippen molar-refractivity contribution in [2.45, 2.75) is 12.8 Å². The zero-order valence-corrected chi connectivity index (χ0v) is 6.98. The number of rotatable bonds is 1. The van der Waals surface area contributed by atoms with Crippen molar-refractivity contribution >= 4 is 5.91 Å². The first-order valence-electron chi connectivity index (χ1n) is 3.88. The normalized spacial score (nSPS) is 19.3. The molecule has 0 aliphatic carbocycles. The summed E-state index contributed by atoms with van der Waals surface area (Å²) < 4.78 is 0. The number of nitriles is 1. The molecule has 0 unspecified atom stereocenters. The molecular weight excluding hydrogens is 154 g/mol. The van der Waals surface area contributed by atoms with Crippen molar-refractivity contribution in [2.75, 3.05) is 13.6 Å². The number of likely N-dealkylation sites (N-methyl/N-ethyl adjacent to an activating group) is 1. The molecule has 0 spiro atoms. The monoisotopic (exact) mass is 165 g/mol. The van der Waals surface area contributed by atoms with E-state index in [1.54, 1.807) is 0 Å². The number of carbonyl (C=O) groups excluding carboxylic acids is 1. The van der Waals surface area contributed by atoms with Crippen molar-refractivity contribution in [3.8, 4) is 6.07 Å². The average molecular weight is 165 g/mol. The molecule has 1 rings (SSSR count). The number of hydrogen-bond donors (Lipinski definition) is 2. The third kappa shape index (κ3) is 1.56. The van der Waals surface area contributed by atoms with Gasteiger partial charge in [0.15, 0.2) is 0 Å². The maximum Gasteiger partial charge on any atom is 0.263 e. The summed E-state index contributed by atoms with van der Waals surface area (Å²) in [6, 6.07) is 1.90. The van der Waals surface area contributed by atoms with E-state index in [9.17, 15) is 4.79 Å². The number of amides is 1. The molecule has 0 aromatic heterocycles. The van der Waals surface area contributed by atoms with Gasteiger partial charge in [-0.1, -0.05) is 0 Å². The topological polar surface area (TPSA) is 64.9 Å². The Labute approximate surface area is 71.3 Å². The standard InChI is InChI=1S/C8H11N3O/c1-10-8(12)6(5-9)7-3-2-4-11-7/h11H,2-4H2,1H3,(H,10,12)/b7-6-. The Morgan fingerprint density at radius 1 is 1.75 bits per heavy atom. The van der Waals surface area contributed by atoms with E-state index in [4.69, 9.17) is 5.26 Å². The molecule has 0 aromatic rings. The molecule has 4 heteroatoms. The van der Waals surface area contributed by atoms with Crippen LogP contribution in [0.4, 0.5) is 0 Å². The third-order valence-corrected chi connectivity index (χ3v) is 1.81. The Morgan fingerprint density at radius 3 is 2.92 bits per heavy atom. The number of hydrogen-bond acceptors (Lipinski definition) is 3. The maximum atomic E-state index is 11.1. The molecule has 2 N–H and O–H groups in total. The lowest BCUT2D eigenvalue weighted by molar-refractivity contribution is -0.116.